The lowest BCUT2D eigenvalue weighted by atomic mass is 9.85. The van der Waals surface area contributed by atoms with Crippen LogP contribution >= 0.6 is 0 Å². The van der Waals surface area contributed by atoms with Crippen LogP contribution in [0.1, 0.15) is 46.0 Å². The third kappa shape index (κ3) is 4.30. The summed E-state index contributed by atoms with van der Waals surface area (Å²) in [6, 6.07) is 7.61. The van der Waals surface area contributed by atoms with E-state index in [0.717, 1.165) is 5.56 Å². The third-order valence-electron chi connectivity index (χ3n) is 6.02. The van der Waals surface area contributed by atoms with E-state index in [9.17, 15) is 19.5 Å². The average molecular weight is 447 g/mol. The maximum Gasteiger partial charge on any atom is 0.328 e. The molecule has 2 N–H and O–H groups in total. The second-order valence-electron chi connectivity index (χ2n) is 9.72. The molecule has 3 fully saturated rings. The van der Waals surface area contributed by atoms with Crippen molar-refractivity contribution in [2.24, 2.45) is 0 Å². The molecule has 0 aliphatic carbocycles. The van der Waals surface area contributed by atoms with E-state index >= 15 is 0 Å². The minimum atomic E-state index is -1.10. The van der Waals surface area contributed by atoms with Gasteiger partial charge < -0.3 is 24.6 Å². The van der Waals surface area contributed by atoms with Crippen LogP contribution in [0.3, 0.4) is 0 Å². The molecule has 1 aromatic carbocycles. The average Bonchev–Trinajstić information content (AvgIpc) is 3.43. The maximum atomic E-state index is 13.1. The van der Waals surface area contributed by atoms with Crippen molar-refractivity contribution in [1.29, 1.82) is 0 Å². The zero-order valence-corrected chi connectivity index (χ0v) is 18.7. The number of piperidine rings is 1. The highest BCUT2D eigenvalue weighted by Gasteiger charge is 2.70. The lowest BCUT2D eigenvalue weighted by Crippen LogP contribution is -2.65. The van der Waals surface area contributed by atoms with Gasteiger partial charge in [0, 0.05) is 25.5 Å². The Balaban J connectivity index is 1.64. The fourth-order valence-electron chi connectivity index (χ4n) is 4.59. The van der Waals surface area contributed by atoms with Gasteiger partial charge in [-0.1, -0.05) is 30.3 Å². The number of ether oxygens (including phenoxy) is 3. The van der Waals surface area contributed by atoms with Gasteiger partial charge in [0.15, 0.2) is 12.1 Å². The highest BCUT2D eigenvalue weighted by atomic mass is 16.7. The van der Waals surface area contributed by atoms with E-state index < -0.39 is 47.7 Å². The number of fused-ring (bicyclic) bond motifs is 1. The van der Waals surface area contributed by atoms with Crippen molar-refractivity contribution in [3.63, 3.8) is 0 Å². The molecule has 9 heteroatoms. The lowest BCUT2D eigenvalue weighted by molar-refractivity contribution is -0.269. The number of rotatable bonds is 4. The summed E-state index contributed by atoms with van der Waals surface area (Å²) in [6.07, 6.45) is -2.71. The molecule has 3 saturated heterocycles. The van der Waals surface area contributed by atoms with Crippen LogP contribution in [0.2, 0.25) is 0 Å². The predicted octanol–water partition coefficient (Wildman–Crippen LogP) is 0.704. The first-order chi connectivity index (χ1) is 15.0. The number of aliphatic hydroxyl groups excluding tert-OH is 1. The SMILES string of the molecule is CC(=O)N[C@@H]1C(=O)C[C@]2(C(=O)OC(C)(C)C)CN2[C@H]1[C@@H]1O[C@H](c2ccccc2)OC[C@H]1O. The lowest BCUT2D eigenvalue weighted by Gasteiger charge is -2.44. The molecule has 32 heavy (non-hydrogen) atoms. The van der Waals surface area contributed by atoms with Gasteiger partial charge in [-0.05, 0) is 20.8 Å². The second kappa shape index (κ2) is 8.22. The summed E-state index contributed by atoms with van der Waals surface area (Å²) in [5.74, 6) is -1.14. The molecule has 0 spiro atoms. The van der Waals surface area contributed by atoms with Crippen LogP contribution < -0.4 is 5.32 Å². The van der Waals surface area contributed by atoms with Crippen molar-refractivity contribution in [2.45, 2.75) is 75.8 Å². The molecule has 174 valence electrons. The summed E-state index contributed by atoms with van der Waals surface area (Å²) in [5.41, 5.74) is -1.04. The number of hydrogen-bond acceptors (Lipinski definition) is 8. The molecule has 0 aromatic heterocycles. The molecule has 0 saturated carbocycles. The Kier molecular flexibility index (Phi) is 5.87. The number of carbonyl (C=O) groups is 3. The van der Waals surface area contributed by atoms with E-state index in [-0.39, 0.29) is 31.3 Å². The van der Waals surface area contributed by atoms with Crippen molar-refractivity contribution >= 4 is 17.7 Å². The maximum absolute atomic E-state index is 13.1. The Morgan fingerprint density at radius 3 is 2.56 bits per heavy atom. The summed E-state index contributed by atoms with van der Waals surface area (Å²) < 4.78 is 17.4. The number of nitrogens with zero attached hydrogens (tertiary/aromatic N) is 1. The minimum Gasteiger partial charge on any atom is -0.459 e. The number of carbonyl (C=O) groups excluding carboxylic acids is 3. The molecule has 1 aromatic rings. The minimum absolute atomic E-state index is 0.00497. The summed E-state index contributed by atoms with van der Waals surface area (Å²) in [4.78, 5) is 39.8. The van der Waals surface area contributed by atoms with Gasteiger partial charge in [-0.15, -0.1) is 0 Å². The molecular weight excluding hydrogens is 416 g/mol. The smallest absolute Gasteiger partial charge is 0.328 e. The van der Waals surface area contributed by atoms with Crippen LogP contribution in [-0.4, -0.2) is 76.2 Å². The largest absolute Gasteiger partial charge is 0.459 e. The van der Waals surface area contributed by atoms with Crippen LogP contribution in [0.15, 0.2) is 30.3 Å². The van der Waals surface area contributed by atoms with Crippen LogP contribution in [0, 0.1) is 0 Å². The summed E-state index contributed by atoms with van der Waals surface area (Å²) >= 11 is 0. The molecule has 3 heterocycles. The van der Waals surface area contributed by atoms with Crippen molar-refractivity contribution < 1.29 is 33.7 Å². The number of nitrogens with one attached hydrogen (secondary N) is 1. The van der Waals surface area contributed by atoms with Gasteiger partial charge in [-0.2, -0.15) is 0 Å². The summed E-state index contributed by atoms with van der Waals surface area (Å²) in [6.45, 7) is 6.92. The zero-order valence-electron chi connectivity index (χ0n) is 18.7. The van der Waals surface area contributed by atoms with Gasteiger partial charge in [0.05, 0.1) is 12.6 Å². The predicted molar refractivity (Wildman–Crippen MR) is 112 cm³/mol. The summed E-state index contributed by atoms with van der Waals surface area (Å²) in [7, 11) is 0. The number of hydrogen-bond donors (Lipinski definition) is 2. The van der Waals surface area contributed by atoms with E-state index in [1.54, 1.807) is 20.8 Å². The molecular formula is C23H30N2O7. The van der Waals surface area contributed by atoms with Crippen LogP contribution in [0.5, 0.6) is 0 Å². The van der Waals surface area contributed by atoms with E-state index in [1.807, 2.05) is 35.2 Å². The van der Waals surface area contributed by atoms with Crippen LogP contribution in [0.25, 0.3) is 0 Å². The molecule has 0 bridgehead atoms. The van der Waals surface area contributed by atoms with Crippen LogP contribution in [0.4, 0.5) is 0 Å². The molecule has 1 amide bonds. The van der Waals surface area contributed by atoms with Crippen molar-refractivity contribution in [3.8, 4) is 0 Å². The number of esters is 1. The van der Waals surface area contributed by atoms with E-state index in [0.29, 0.717) is 0 Å². The van der Waals surface area contributed by atoms with Crippen molar-refractivity contribution in [2.75, 3.05) is 13.2 Å². The van der Waals surface area contributed by atoms with E-state index in [1.165, 1.54) is 6.92 Å². The zero-order chi connectivity index (χ0) is 23.3. The second-order valence-corrected chi connectivity index (χ2v) is 9.72. The number of amides is 1. The number of ketones is 1. The quantitative estimate of drug-likeness (QED) is 0.513. The van der Waals surface area contributed by atoms with Gasteiger partial charge in [0.2, 0.25) is 5.91 Å². The van der Waals surface area contributed by atoms with Gasteiger partial charge in [-0.25, -0.2) is 4.79 Å². The monoisotopic (exact) mass is 446 g/mol. The molecule has 4 rings (SSSR count). The van der Waals surface area contributed by atoms with Crippen molar-refractivity contribution in [3.05, 3.63) is 35.9 Å². The molecule has 3 aliphatic rings. The van der Waals surface area contributed by atoms with Gasteiger partial charge >= 0.3 is 5.97 Å². The Morgan fingerprint density at radius 1 is 1.25 bits per heavy atom. The van der Waals surface area contributed by atoms with Gasteiger partial charge in [0.25, 0.3) is 0 Å². The van der Waals surface area contributed by atoms with Gasteiger partial charge in [0.1, 0.15) is 29.4 Å². The topological polar surface area (TPSA) is 114 Å². The molecule has 9 nitrogen and oxygen atoms in total. The molecule has 7 atom stereocenters. The fraction of sp³-hybridized carbons (Fsp3) is 0.609. The Morgan fingerprint density at radius 2 is 1.94 bits per heavy atom. The first-order valence-electron chi connectivity index (χ1n) is 10.8. The fourth-order valence-corrected chi connectivity index (χ4v) is 4.59. The highest BCUT2D eigenvalue weighted by Crippen LogP contribution is 2.48. The van der Waals surface area contributed by atoms with Crippen LogP contribution in [-0.2, 0) is 28.6 Å². The highest BCUT2D eigenvalue weighted by molar-refractivity contribution is 5.99. The number of aliphatic hydroxyl groups is 1. The molecule has 0 radical (unpaired) electrons. The summed E-state index contributed by atoms with van der Waals surface area (Å²) in [5, 5.41) is 13.5. The molecule has 3 aliphatic heterocycles. The Bertz CT molecular complexity index is 899. The number of benzene rings is 1. The Labute approximate surface area is 187 Å². The van der Waals surface area contributed by atoms with Gasteiger partial charge in [-0.3, -0.25) is 14.5 Å². The Hall–Kier alpha value is -2.33. The normalized spacial score (nSPS) is 36.7. The van der Waals surface area contributed by atoms with Crippen molar-refractivity contribution in [1.82, 2.24) is 10.2 Å². The number of Topliss-reactive ketones (excluding diaryl/α,β-unsaturated/α-hetero) is 1. The first-order valence-corrected chi connectivity index (χ1v) is 10.8. The standard InChI is InChI=1S/C23H30N2O7/c1-13(26)24-17-15(27)10-23(21(29)32-22(2,3)4)12-25(23)18(17)19-16(28)11-30-20(31-19)14-8-6-5-7-9-14/h5-9,16-20,28H,10-12H2,1-4H3,(H,24,26)/t16-,17-,18-,19-,20-,23-,25?/m1/s1. The van der Waals surface area contributed by atoms with E-state index in [2.05, 4.69) is 5.32 Å². The van der Waals surface area contributed by atoms with E-state index in [4.69, 9.17) is 14.2 Å². The first kappa shape index (κ1) is 22.8. The molecule has 1 unspecified atom stereocenters. The third-order valence-corrected chi connectivity index (χ3v) is 6.02.